The van der Waals surface area contributed by atoms with E-state index in [4.69, 9.17) is 0 Å². The van der Waals surface area contributed by atoms with Crippen molar-refractivity contribution in [1.29, 1.82) is 0 Å². The van der Waals surface area contributed by atoms with Gasteiger partial charge < -0.3 is 5.32 Å². The smallest absolute Gasteiger partial charge is 0.224 e. The van der Waals surface area contributed by atoms with Crippen molar-refractivity contribution in [3.8, 4) is 0 Å². The fourth-order valence-corrected chi connectivity index (χ4v) is 2.00. The molecule has 102 valence electrons. The van der Waals surface area contributed by atoms with E-state index >= 15 is 0 Å². The van der Waals surface area contributed by atoms with E-state index in [1.165, 1.54) is 12.8 Å². The number of unbranched alkanes of at least 4 members (excludes halogenated alkanes) is 3. The maximum Gasteiger partial charge on any atom is 0.224 e. The molecular weight excluding hydrogens is 240 g/mol. The van der Waals surface area contributed by atoms with Crippen LogP contribution in [0.2, 0.25) is 0 Å². The minimum absolute atomic E-state index is 0.0623. The summed E-state index contributed by atoms with van der Waals surface area (Å²) in [6, 6.07) is 3.71. The zero-order chi connectivity index (χ0) is 13.7. The van der Waals surface area contributed by atoms with Gasteiger partial charge in [-0.3, -0.25) is 4.79 Å². The summed E-state index contributed by atoms with van der Waals surface area (Å²) in [6.07, 6.45) is 6.81. The molecule has 0 aromatic carbocycles. The minimum atomic E-state index is 0.0623. The number of amides is 1. The maximum absolute atomic E-state index is 11.8. The highest BCUT2D eigenvalue weighted by Gasteiger charge is 2.04. The van der Waals surface area contributed by atoms with Crippen LogP contribution in [0.5, 0.6) is 0 Å². The third kappa shape index (κ3) is 3.77. The Morgan fingerprint density at radius 3 is 2.95 bits per heavy atom. The van der Waals surface area contributed by atoms with Crippen LogP contribution in [0.15, 0.2) is 18.3 Å². The Bertz CT molecular complexity index is 562. The van der Waals surface area contributed by atoms with Crippen LogP contribution < -0.4 is 5.32 Å². The second kappa shape index (κ2) is 6.31. The Morgan fingerprint density at radius 2 is 2.16 bits per heavy atom. The van der Waals surface area contributed by atoms with Crippen molar-refractivity contribution in [1.82, 2.24) is 14.6 Å². The number of anilines is 1. The molecule has 1 amide bonds. The molecule has 0 aliphatic heterocycles. The van der Waals surface area contributed by atoms with E-state index < -0.39 is 0 Å². The van der Waals surface area contributed by atoms with Crippen molar-refractivity contribution >= 4 is 17.2 Å². The molecule has 0 unspecified atom stereocenters. The molecule has 0 radical (unpaired) electrons. The Morgan fingerprint density at radius 1 is 1.32 bits per heavy atom. The molecule has 0 aliphatic carbocycles. The van der Waals surface area contributed by atoms with Crippen LogP contribution in [0.4, 0.5) is 5.69 Å². The monoisotopic (exact) mass is 260 g/mol. The van der Waals surface area contributed by atoms with E-state index in [1.807, 2.05) is 19.1 Å². The van der Waals surface area contributed by atoms with Crippen LogP contribution in [0.1, 0.15) is 44.9 Å². The van der Waals surface area contributed by atoms with Gasteiger partial charge in [-0.05, 0) is 25.5 Å². The highest BCUT2D eigenvalue weighted by Crippen LogP contribution is 2.11. The lowest BCUT2D eigenvalue weighted by Gasteiger charge is -2.05. The lowest BCUT2D eigenvalue weighted by molar-refractivity contribution is -0.116. The molecule has 0 aliphatic rings. The summed E-state index contributed by atoms with van der Waals surface area (Å²) in [5, 5.41) is 7.11. The molecule has 0 spiro atoms. The fraction of sp³-hybridized carbons (Fsp3) is 0.500. The highest BCUT2D eigenvalue weighted by molar-refractivity contribution is 5.90. The van der Waals surface area contributed by atoms with Gasteiger partial charge in [-0.2, -0.15) is 5.10 Å². The van der Waals surface area contributed by atoms with Gasteiger partial charge >= 0.3 is 0 Å². The predicted molar refractivity (Wildman–Crippen MR) is 75.1 cm³/mol. The predicted octanol–water partition coefficient (Wildman–Crippen LogP) is 2.95. The Hall–Kier alpha value is -1.91. The average Bonchev–Trinajstić information content (AvgIpc) is 2.74. The van der Waals surface area contributed by atoms with Crippen molar-refractivity contribution in [2.45, 2.75) is 46.0 Å². The average molecular weight is 260 g/mol. The van der Waals surface area contributed by atoms with Gasteiger partial charge in [-0.25, -0.2) is 9.50 Å². The number of carbonyl (C=O) groups excluding carboxylic acids is 1. The summed E-state index contributed by atoms with van der Waals surface area (Å²) in [6.45, 7) is 4.01. The Balaban J connectivity index is 1.91. The quantitative estimate of drug-likeness (QED) is 0.812. The summed E-state index contributed by atoms with van der Waals surface area (Å²) in [5.41, 5.74) is 1.55. The second-order valence-corrected chi connectivity index (χ2v) is 4.74. The molecule has 0 fully saturated rings. The number of rotatable bonds is 6. The van der Waals surface area contributed by atoms with Crippen molar-refractivity contribution in [3.63, 3.8) is 0 Å². The molecule has 5 heteroatoms. The second-order valence-electron chi connectivity index (χ2n) is 4.74. The first-order valence-electron chi connectivity index (χ1n) is 6.82. The van der Waals surface area contributed by atoms with Crippen molar-refractivity contribution in [2.24, 2.45) is 0 Å². The van der Waals surface area contributed by atoms with Crippen LogP contribution in [0.25, 0.3) is 5.65 Å². The van der Waals surface area contributed by atoms with Gasteiger partial charge in [-0.1, -0.05) is 26.2 Å². The molecule has 0 atom stereocenters. The third-order valence-electron chi connectivity index (χ3n) is 2.98. The summed E-state index contributed by atoms with van der Waals surface area (Å²) in [7, 11) is 0. The molecular formula is C14H20N4O. The lowest BCUT2D eigenvalue weighted by Crippen LogP contribution is -2.11. The minimum Gasteiger partial charge on any atom is -0.325 e. The van der Waals surface area contributed by atoms with Crippen LogP contribution in [-0.2, 0) is 4.79 Å². The van der Waals surface area contributed by atoms with Crippen LogP contribution >= 0.6 is 0 Å². The Labute approximate surface area is 113 Å². The third-order valence-corrected chi connectivity index (χ3v) is 2.98. The SMILES string of the molecule is CCCCCCC(=O)Nc1ccc2nc(C)nn2c1. The molecule has 0 saturated heterocycles. The number of carbonyl (C=O) groups is 1. The van der Waals surface area contributed by atoms with Gasteiger partial charge in [-0.15, -0.1) is 0 Å². The van der Waals surface area contributed by atoms with Crippen molar-refractivity contribution in [2.75, 3.05) is 5.32 Å². The number of aryl methyl sites for hydroxylation is 1. The topological polar surface area (TPSA) is 59.3 Å². The number of hydrogen-bond acceptors (Lipinski definition) is 3. The number of pyridine rings is 1. The van der Waals surface area contributed by atoms with Crippen LogP contribution in [-0.4, -0.2) is 20.5 Å². The molecule has 2 heterocycles. The van der Waals surface area contributed by atoms with E-state index in [-0.39, 0.29) is 5.91 Å². The number of nitrogens with zero attached hydrogens (tertiary/aromatic N) is 3. The highest BCUT2D eigenvalue weighted by atomic mass is 16.1. The number of hydrogen-bond donors (Lipinski definition) is 1. The van der Waals surface area contributed by atoms with Gasteiger partial charge in [0.2, 0.25) is 5.91 Å². The summed E-state index contributed by atoms with van der Waals surface area (Å²) >= 11 is 0. The molecule has 0 bridgehead atoms. The van der Waals surface area contributed by atoms with Gasteiger partial charge in [0.05, 0.1) is 11.9 Å². The molecule has 0 saturated carbocycles. The van der Waals surface area contributed by atoms with Crippen LogP contribution in [0.3, 0.4) is 0 Å². The molecule has 2 aromatic heterocycles. The molecule has 5 nitrogen and oxygen atoms in total. The first-order valence-corrected chi connectivity index (χ1v) is 6.82. The van der Waals surface area contributed by atoms with E-state index in [1.54, 1.807) is 10.7 Å². The van der Waals surface area contributed by atoms with E-state index in [2.05, 4.69) is 22.3 Å². The fourth-order valence-electron chi connectivity index (χ4n) is 2.00. The number of aromatic nitrogens is 3. The van der Waals surface area contributed by atoms with Gasteiger partial charge in [0.1, 0.15) is 5.82 Å². The molecule has 19 heavy (non-hydrogen) atoms. The first kappa shape index (κ1) is 13.5. The standard InChI is InChI=1S/C14H20N4O/c1-3-4-5-6-7-14(19)16-12-8-9-13-15-11(2)17-18(13)10-12/h8-10H,3-7H2,1-2H3,(H,16,19). The number of fused-ring (bicyclic) bond motifs is 1. The molecule has 2 rings (SSSR count). The molecule has 1 N–H and O–H groups in total. The Kier molecular flexibility index (Phi) is 4.49. The van der Waals surface area contributed by atoms with Gasteiger partial charge in [0, 0.05) is 6.42 Å². The van der Waals surface area contributed by atoms with E-state index in [9.17, 15) is 4.79 Å². The zero-order valence-corrected chi connectivity index (χ0v) is 11.5. The van der Waals surface area contributed by atoms with E-state index in [0.717, 1.165) is 30.0 Å². The van der Waals surface area contributed by atoms with Crippen LogP contribution in [0, 0.1) is 6.92 Å². The normalized spacial score (nSPS) is 10.8. The van der Waals surface area contributed by atoms with Crippen molar-refractivity contribution < 1.29 is 4.79 Å². The zero-order valence-electron chi connectivity index (χ0n) is 11.5. The summed E-state index contributed by atoms with van der Waals surface area (Å²) in [5.74, 6) is 0.787. The molecule has 2 aromatic rings. The summed E-state index contributed by atoms with van der Waals surface area (Å²) in [4.78, 5) is 16.0. The number of nitrogens with one attached hydrogen (secondary N) is 1. The maximum atomic E-state index is 11.8. The van der Waals surface area contributed by atoms with E-state index in [0.29, 0.717) is 6.42 Å². The largest absolute Gasteiger partial charge is 0.325 e. The van der Waals surface area contributed by atoms with Crippen molar-refractivity contribution in [3.05, 3.63) is 24.2 Å². The first-order chi connectivity index (χ1) is 9.19. The lowest BCUT2D eigenvalue weighted by atomic mass is 10.1. The van der Waals surface area contributed by atoms with Gasteiger partial charge in [0.15, 0.2) is 5.65 Å². The summed E-state index contributed by atoms with van der Waals surface area (Å²) < 4.78 is 1.68. The van der Waals surface area contributed by atoms with Gasteiger partial charge in [0.25, 0.3) is 0 Å².